The monoisotopic (exact) mass is 295 g/mol. The Hall–Kier alpha value is -2.37. The molecule has 1 rings (SSSR count). The molecule has 0 bridgehead atoms. The van der Waals surface area contributed by atoms with Crippen molar-refractivity contribution in [2.75, 3.05) is 0 Å². The number of nitriles is 1. The number of halogens is 5. The lowest BCUT2D eigenvalue weighted by atomic mass is 9.98. The Kier molecular flexibility index (Phi) is 4.49. The van der Waals surface area contributed by atoms with E-state index in [9.17, 15) is 26.7 Å². The van der Waals surface area contributed by atoms with E-state index in [4.69, 9.17) is 10.4 Å². The molecule has 4 nitrogen and oxygen atoms in total. The van der Waals surface area contributed by atoms with Crippen LogP contribution >= 0.6 is 0 Å². The van der Waals surface area contributed by atoms with Gasteiger partial charge in [-0.05, 0) is 11.6 Å². The van der Waals surface area contributed by atoms with E-state index in [-0.39, 0.29) is 0 Å². The van der Waals surface area contributed by atoms with Gasteiger partial charge in [0.2, 0.25) is 0 Å². The fourth-order valence-electron chi connectivity index (χ4n) is 1.54. The summed E-state index contributed by atoms with van der Waals surface area (Å²) < 4.78 is 66.4. The van der Waals surface area contributed by atoms with E-state index in [1.807, 2.05) is 0 Å². The molecule has 1 aromatic carbocycles. The van der Waals surface area contributed by atoms with Crippen molar-refractivity contribution < 1.29 is 36.6 Å². The third-order valence-electron chi connectivity index (χ3n) is 2.21. The van der Waals surface area contributed by atoms with Crippen LogP contribution in [0.2, 0.25) is 0 Å². The molecule has 0 radical (unpaired) electrons. The first-order valence-electron chi connectivity index (χ1n) is 4.96. The van der Waals surface area contributed by atoms with E-state index in [2.05, 4.69) is 4.74 Å². The normalized spacial score (nSPS) is 11.2. The number of carbonyl (C=O) groups is 1. The molecule has 0 aliphatic carbocycles. The lowest BCUT2D eigenvalue weighted by molar-refractivity contribution is -0.142. The van der Waals surface area contributed by atoms with Gasteiger partial charge in [-0.3, -0.25) is 4.79 Å². The van der Waals surface area contributed by atoms with Gasteiger partial charge in [-0.25, -0.2) is 0 Å². The molecule has 108 valence electrons. The Labute approximate surface area is 109 Å². The highest BCUT2D eigenvalue weighted by molar-refractivity contribution is 5.72. The molecule has 0 fully saturated rings. The highest BCUT2D eigenvalue weighted by Crippen LogP contribution is 2.40. The first-order chi connectivity index (χ1) is 9.16. The number of nitrogens with zero attached hydrogens (tertiary/aromatic N) is 1. The molecule has 0 heterocycles. The highest BCUT2D eigenvalue weighted by atomic mass is 19.4. The van der Waals surface area contributed by atoms with Gasteiger partial charge in [-0.1, -0.05) is 6.07 Å². The molecule has 0 aromatic heterocycles. The maximum Gasteiger partial charge on any atom is 0.421 e. The number of rotatable bonds is 4. The zero-order valence-corrected chi connectivity index (χ0v) is 9.54. The minimum absolute atomic E-state index is 0.436. The summed E-state index contributed by atoms with van der Waals surface area (Å²) in [7, 11) is 0. The predicted octanol–water partition coefficient (Wildman–Crippen LogP) is 2.81. The molecule has 0 unspecified atom stereocenters. The van der Waals surface area contributed by atoms with E-state index in [1.54, 1.807) is 0 Å². The second-order valence-corrected chi connectivity index (χ2v) is 3.53. The van der Waals surface area contributed by atoms with Gasteiger partial charge in [0.25, 0.3) is 0 Å². The van der Waals surface area contributed by atoms with Gasteiger partial charge in [-0.2, -0.15) is 27.2 Å². The predicted molar refractivity (Wildman–Crippen MR) is 54.1 cm³/mol. The first kappa shape index (κ1) is 15.7. The number of benzene rings is 1. The number of ether oxygens (including phenoxy) is 1. The Morgan fingerprint density at radius 3 is 2.40 bits per heavy atom. The van der Waals surface area contributed by atoms with Crippen molar-refractivity contribution in [2.24, 2.45) is 0 Å². The largest absolute Gasteiger partial charge is 0.481 e. The number of carboxylic acids is 1. The average Bonchev–Trinajstić information content (AvgIpc) is 2.27. The number of alkyl halides is 5. The summed E-state index contributed by atoms with van der Waals surface area (Å²) in [5.41, 5.74) is -3.19. The molecule has 0 aliphatic heterocycles. The van der Waals surface area contributed by atoms with Gasteiger partial charge >= 0.3 is 18.8 Å². The van der Waals surface area contributed by atoms with Gasteiger partial charge in [0.15, 0.2) is 0 Å². The minimum Gasteiger partial charge on any atom is -0.481 e. The molecule has 0 saturated heterocycles. The van der Waals surface area contributed by atoms with Gasteiger partial charge in [0, 0.05) is 0 Å². The fourth-order valence-corrected chi connectivity index (χ4v) is 1.54. The van der Waals surface area contributed by atoms with E-state index >= 15 is 0 Å². The topological polar surface area (TPSA) is 70.3 Å². The maximum atomic E-state index is 12.8. The van der Waals surface area contributed by atoms with Crippen LogP contribution in [-0.4, -0.2) is 17.7 Å². The van der Waals surface area contributed by atoms with Crippen LogP contribution in [0.5, 0.6) is 5.75 Å². The molecule has 0 aliphatic rings. The van der Waals surface area contributed by atoms with Crippen LogP contribution in [0.15, 0.2) is 12.1 Å². The summed E-state index contributed by atoms with van der Waals surface area (Å²) in [5.74, 6) is -2.68. The third kappa shape index (κ3) is 3.57. The summed E-state index contributed by atoms with van der Waals surface area (Å²) in [5, 5.41) is 17.3. The fraction of sp³-hybridized carbons (Fsp3) is 0.273. The Bertz CT molecular complexity index is 562. The van der Waals surface area contributed by atoms with E-state index in [1.165, 1.54) is 6.07 Å². The smallest absolute Gasteiger partial charge is 0.421 e. The van der Waals surface area contributed by atoms with Crippen LogP contribution in [0.4, 0.5) is 22.0 Å². The summed E-state index contributed by atoms with van der Waals surface area (Å²) in [6.07, 6.45) is -5.98. The zero-order chi connectivity index (χ0) is 15.5. The molecule has 0 amide bonds. The van der Waals surface area contributed by atoms with E-state index < -0.39 is 47.6 Å². The summed E-state index contributed by atoms with van der Waals surface area (Å²) in [4.78, 5) is 10.5. The molecule has 20 heavy (non-hydrogen) atoms. The molecule has 0 atom stereocenters. The van der Waals surface area contributed by atoms with Gasteiger partial charge in [0.05, 0.1) is 12.0 Å². The second kappa shape index (κ2) is 5.73. The number of hydrogen-bond donors (Lipinski definition) is 1. The van der Waals surface area contributed by atoms with E-state index in [0.29, 0.717) is 6.07 Å². The van der Waals surface area contributed by atoms with Crippen LogP contribution in [0.25, 0.3) is 0 Å². The Morgan fingerprint density at radius 2 is 2.00 bits per heavy atom. The second-order valence-electron chi connectivity index (χ2n) is 3.53. The lowest BCUT2D eigenvalue weighted by Gasteiger charge is -2.16. The van der Waals surface area contributed by atoms with E-state index in [0.717, 1.165) is 6.07 Å². The average molecular weight is 295 g/mol. The van der Waals surface area contributed by atoms with Gasteiger partial charge in [0.1, 0.15) is 17.4 Å². The SMILES string of the molecule is N#Cc1c(CC(=O)O)ccc(OC(F)F)c1C(F)(F)F. The molecule has 0 spiro atoms. The van der Waals surface area contributed by atoms with Gasteiger partial charge in [-0.15, -0.1) is 0 Å². The number of carboxylic acid groups (broad SMARTS) is 1. The highest BCUT2D eigenvalue weighted by Gasteiger charge is 2.39. The maximum absolute atomic E-state index is 12.8. The van der Waals surface area contributed by atoms with Crippen molar-refractivity contribution in [3.8, 4) is 11.8 Å². The molecular formula is C11H6F5NO3. The molecular weight excluding hydrogens is 289 g/mol. The van der Waals surface area contributed by atoms with Crippen molar-refractivity contribution in [3.63, 3.8) is 0 Å². The standard InChI is InChI=1S/C11H6F5NO3/c12-10(13)20-7-2-1-5(3-8(18)19)6(4-17)9(7)11(14,15)16/h1-2,10H,3H2,(H,18,19). The van der Waals surface area contributed by atoms with Crippen LogP contribution < -0.4 is 4.74 Å². The van der Waals surface area contributed by atoms with Crippen molar-refractivity contribution in [3.05, 3.63) is 28.8 Å². The molecule has 9 heteroatoms. The molecule has 1 N–H and O–H groups in total. The van der Waals surface area contributed by atoms with Gasteiger partial charge < -0.3 is 9.84 Å². The van der Waals surface area contributed by atoms with Crippen LogP contribution in [0.1, 0.15) is 16.7 Å². The Balaban J connectivity index is 3.52. The zero-order valence-electron chi connectivity index (χ0n) is 9.54. The minimum atomic E-state index is -5.14. The third-order valence-corrected chi connectivity index (χ3v) is 2.21. The van der Waals surface area contributed by atoms with Crippen molar-refractivity contribution in [1.29, 1.82) is 5.26 Å². The summed E-state index contributed by atoms with van der Waals surface area (Å²) in [6.45, 7) is -3.51. The summed E-state index contributed by atoms with van der Waals surface area (Å²) >= 11 is 0. The summed E-state index contributed by atoms with van der Waals surface area (Å²) in [6, 6.07) is 2.58. The van der Waals surface area contributed by atoms with Crippen LogP contribution in [0.3, 0.4) is 0 Å². The molecule has 0 saturated carbocycles. The van der Waals surface area contributed by atoms with Crippen LogP contribution in [0, 0.1) is 11.3 Å². The first-order valence-corrected chi connectivity index (χ1v) is 4.96. The van der Waals surface area contributed by atoms with Crippen LogP contribution in [-0.2, 0) is 17.4 Å². The van der Waals surface area contributed by atoms with Crippen molar-refractivity contribution in [2.45, 2.75) is 19.2 Å². The lowest BCUT2D eigenvalue weighted by Crippen LogP contribution is -2.16. The number of hydrogen-bond acceptors (Lipinski definition) is 3. The molecule has 1 aromatic rings. The van der Waals surface area contributed by atoms with Crippen molar-refractivity contribution >= 4 is 5.97 Å². The quantitative estimate of drug-likeness (QED) is 0.867. The van der Waals surface area contributed by atoms with Crippen molar-refractivity contribution in [1.82, 2.24) is 0 Å². The number of aliphatic carboxylic acids is 1. The Morgan fingerprint density at radius 1 is 1.40 bits per heavy atom.